The van der Waals surface area contributed by atoms with Gasteiger partial charge < -0.3 is 0 Å². The Morgan fingerprint density at radius 2 is 2.22 bits per heavy atom. The molecule has 3 heteroatoms. The molecule has 0 saturated carbocycles. The van der Waals surface area contributed by atoms with E-state index in [1.807, 2.05) is 0 Å². The Morgan fingerprint density at radius 3 is 2.56 bits per heavy atom. The normalized spacial score (nSPS) is 12.8. The van der Waals surface area contributed by atoms with Gasteiger partial charge in [0.2, 0.25) is 0 Å². The molecule has 0 saturated heterocycles. The topological polar surface area (TPSA) is 0 Å². The summed E-state index contributed by atoms with van der Waals surface area (Å²) in [4.78, 5) is 0. The molecule has 0 nitrogen and oxygen atoms in total. The summed E-state index contributed by atoms with van der Waals surface area (Å²) < 4.78 is 0.650. The number of halogens is 2. The Kier molecular flexibility index (Phi) is 5.45. The van der Waals surface area contributed by atoms with E-state index in [0.29, 0.717) is 9.40 Å². The second-order valence-corrected chi connectivity index (χ2v) is 3.61. The predicted octanol–water partition coefficient (Wildman–Crippen LogP) is 3.57. The molecule has 0 aliphatic carbocycles. The minimum Gasteiger partial charge on any atom is -0.109 e. The number of allylic oxidation sites excluding steroid dienone is 1. The van der Waals surface area contributed by atoms with Crippen LogP contribution in [0, 0.1) is 0 Å². The van der Waals surface area contributed by atoms with Gasteiger partial charge in [-0.2, -0.15) is 0 Å². The third-order valence-electron chi connectivity index (χ3n) is 0.599. The molecule has 0 amide bonds. The fraction of sp³-hybridized carbons (Fsp3) is 0.333. The van der Waals surface area contributed by atoms with Crippen LogP contribution in [0.5, 0.6) is 0 Å². The Bertz CT molecular complexity index is 125. The molecule has 0 aromatic rings. The lowest BCUT2D eigenvalue weighted by Gasteiger charge is -1.93. The van der Waals surface area contributed by atoms with Gasteiger partial charge in [0, 0.05) is 10.8 Å². The molecule has 0 fully saturated rings. The van der Waals surface area contributed by atoms with Gasteiger partial charge in [-0.15, -0.1) is 18.3 Å². The molecular weight excluding hydrogens is 175 g/mol. The van der Waals surface area contributed by atoms with Crippen molar-refractivity contribution in [1.82, 2.24) is 0 Å². The predicted molar refractivity (Wildman–Crippen MR) is 47.1 cm³/mol. The summed E-state index contributed by atoms with van der Waals surface area (Å²) in [5, 5.41) is 0.642. The summed E-state index contributed by atoms with van der Waals surface area (Å²) in [7, 11) is 0. The standard InChI is InChI=1S/C6H8Cl2S/c1-3-4-9-6(8)5(2)7/h3H,1,4H2,2H3/b6-5+. The van der Waals surface area contributed by atoms with Crippen LogP contribution in [0.15, 0.2) is 22.1 Å². The smallest absolute Gasteiger partial charge is 0.0880 e. The molecule has 0 N–H and O–H groups in total. The van der Waals surface area contributed by atoms with E-state index in [1.54, 1.807) is 13.0 Å². The van der Waals surface area contributed by atoms with Gasteiger partial charge in [0.25, 0.3) is 0 Å². The van der Waals surface area contributed by atoms with Crippen molar-refractivity contribution in [2.24, 2.45) is 0 Å². The van der Waals surface area contributed by atoms with E-state index in [4.69, 9.17) is 23.2 Å². The van der Waals surface area contributed by atoms with E-state index < -0.39 is 0 Å². The minimum atomic E-state index is 0.642. The second kappa shape index (κ2) is 5.21. The van der Waals surface area contributed by atoms with Crippen LogP contribution in [0.4, 0.5) is 0 Å². The molecule has 0 atom stereocenters. The molecule has 0 rings (SSSR count). The number of rotatable bonds is 3. The number of hydrogen-bond donors (Lipinski definition) is 0. The van der Waals surface area contributed by atoms with Crippen molar-refractivity contribution in [3.05, 3.63) is 22.1 Å². The maximum absolute atomic E-state index is 5.66. The van der Waals surface area contributed by atoms with Crippen molar-refractivity contribution >= 4 is 35.0 Å². The van der Waals surface area contributed by atoms with Gasteiger partial charge in [0.1, 0.15) is 0 Å². The van der Waals surface area contributed by atoms with Gasteiger partial charge >= 0.3 is 0 Å². The third kappa shape index (κ3) is 4.89. The van der Waals surface area contributed by atoms with Gasteiger partial charge in [-0.05, 0) is 6.92 Å². The minimum absolute atomic E-state index is 0.642. The molecule has 52 valence electrons. The van der Waals surface area contributed by atoms with Crippen molar-refractivity contribution in [2.45, 2.75) is 6.92 Å². The van der Waals surface area contributed by atoms with Crippen LogP contribution >= 0.6 is 35.0 Å². The molecule has 0 aliphatic heterocycles. The molecule has 0 heterocycles. The highest BCUT2D eigenvalue weighted by Gasteiger charge is 1.93. The van der Waals surface area contributed by atoms with Crippen LogP contribution in [-0.2, 0) is 0 Å². The highest BCUT2D eigenvalue weighted by molar-refractivity contribution is 8.04. The van der Waals surface area contributed by atoms with E-state index in [9.17, 15) is 0 Å². The van der Waals surface area contributed by atoms with Crippen molar-refractivity contribution < 1.29 is 0 Å². The third-order valence-corrected chi connectivity index (χ3v) is 2.57. The van der Waals surface area contributed by atoms with Crippen molar-refractivity contribution in [3.63, 3.8) is 0 Å². The van der Waals surface area contributed by atoms with Crippen molar-refractivity contribution in [3.8, 4) is 0 Å². The average Bonchev–Trinajstić information content (AvgIpc) is 1.82. The van der Waals surface area contributed by atoms with E-state index in [-0.39, 0.29) is 0 Å². The molecule has 0 aliphatic rings. The van der Waals surface area contributed by atoms with Crippen LogP contribution in [-0.4, -0.2) is 5.75 Å². The first-order valence-corrected chi connectivity index (χ1v) is 4.18. The zero-order valence-corrected chi connectivity index (χ0v) is 7.48. The van der Waals surface area contributed by atoms with E-state index in [1.165, 1.54) is 11.8 Å². The fourth-order valence-electron chi connectivity index (χ4n) is 0.232. The molecule has 0 spiro atoms. The molecule has 0 aromatic heterocycles. The summed E-state index contributed by atoms with van der Waals surface area (Å²) in [6, 6.07) is 0. The summed E-state index contributed by atoms with van der Waals surface area (Å²) in [5.41, 5.74) is 0. The van der Waals surface area contributed by atoms with Crippen LogP contribution in [0.2, 0.25) is 0 Å². The Morgan fingerprint density at radius 1 is 1.67 bits per heavy atom. The van der Waals surface area contributed by atoms with Crippen LogP contribution < -0.4 is 0 Å². The lowest BCUT2D eigenvalue weighted by Crippen LogP contribution is -1.69. The Hall–Kier alpha value is 0.410. The monoisotopic (exact) mass is 182 g/mol. The largest absolute Gasteiger partial charge is 0.109 e. The lowest BCUT2D eigenvalue weighted by molar-refractivity contribution is 1.68. The summed E-state index contributed by atoms with van der Waals surface area (Å²) >= 11 is 12.7. The van der Waals surface area contributed by atoms with Crippen molar-refractivity contribution in [1.29, 1.82) is 0 Å². The van der Waals surface area contributed by atoms with E-state index >= 15 is 0 Å². The SMILES string of the molecule is C=CCS/C(Cl)=C(\C)Cl. The molecule has 0 bridgehead atoms. The Balaban J connectivity index is 3.62. The number of hydrogen-bond acceptors (Lipinski definition) is 1. The molecule has 0 radical (unpaired) electrons. The molecule has 9 heavy (non-hydrogen) atoms. The van der Waals surface area contributed by atoms with E-state index in [2.05, 4.69) is 6.58 Å². The average molecular weight is 183 g/mol. The van der Waals surface area contributed by atoms with Gasteiger partial charge in [-0.25, -0.2) is 0 Å². The second-order valence-electron chi connectivity index (χ2n) is 1.41. The van der Waals surface area contributed by atoms with Crippen LogP contribution in [0.1, 0.15) is 6.92 Å². The van der Waals surface area contributed by atoms with Crippen LogP contribution in [0.3, 0.4) is 0 Å². The number of thioether (sulfide) groups is 1. The summed E-state index contributed by atoms with van der Waals surface area (Å²) in [5.74, 6) is 0.808. The highest BCUT2D eigenvalue weighted by atomic mass is 35.5. The first-order valence-electron chi connectivity index (χ1n) is 2.44. The first kappa shape index (κ1) is 9.41. The van der Waals surface area contributed by atoms with Crippen LogP contribution in [0.25, 0.3) is 0 Å². The van der Waals surface area contributed by atoms with E-state index in [0.717, 1.165) is 5.75 Å². The lowest BCUT2D eigenvalue weighted by atomic mass is 10.7. The maximum atomic E-state index is 5.66. The highest BCUT2D eigenvalue weighted by Crippen LogP contribution is 2.25. The maximum Gasteiger partial charge on any atom is 0.0880 e. The molecular formula is C6H8Cl2S. The van der Waals surface area contributed by atoms with Gasteiger partial charge in [-0.1, -0.05) is 29.3 Å². The first-order chi connectivity index (χ1) is 4.18. The zero-order chi connectivity index (χ0) is 7.28. The zero-order valence-electron chi connectivity index (χ0n) is 5.16. The summed E-state index contributed by atoms with van der Waals surface area (Å²) in [6.45, 7) is 5.31. The van der Waals surface area contributed by atoms with Gasteiger partial charge in [0.15, 0.2) is 0 Å². The molecule has 0 aromatic carbocycles. The van der Waals surface area contributed by atoms with Crippen molar-refractivity contribution in [2.75, 3.05) is 5.75 Å². The van der Waals surface area contributed by atoms with Gasteiger partial charge in [-0.3, -0.25) is 0 Å². The molecule has 0 unspecified atom stereocenters. The van der Waals surface area contributed by atoms with Gasteiger partial charge in [0.05, 0.1) is 4.36 Å². The quantitative estimate of drug-likeness (QED) is 0.602. The Labute approximate surface area is 69.9 Å². The summed E-state index contributed by atoms with van der Waals surface area (Å²) in [6.07, 6.45) is 1.78. The fourth-order valence-corrected chi connectivity index (χ4v) is 1.05.